The van der Waals surface area contributed by atoms with Gasteiger partial charge >= 0.3 is 0 Å². The Hall–Kier alpha value is -0.950. The minimum atomic E-state index is -3.40. The summed E-state index contributed by atoms with van der Waals surface area (Å²) in [6, 6.07) is 9.53. The highest BCUT2D eigenvalue weighted by atomic mass is 32.2. The minimum Gasteiger partial charge on any atom is -0.314 e. The van der Waals surface area contributed by atoms with E-state index in [0.717, 1.165) is 12.0 Å². The Kier molecular flexibility index (Phi) is 4.93. The van der Waals surface area contributed by atoms with Crippen molar-refractivity contribution in [1.29, 1.82) is 0 Å². The van der Waals surface area contributed by atoms with Crippen LogP contribution in [0.25, 0.3) is 0 Å². The molecule has 1 unspecified atom stereocenters. The molecule has 2 rings (SSSR count). The van der Waals surface area contributed by atoms with E-state index in [1.807, 2.05) is 37.3 Å². The molecule has 1 saturated heterocycles. The molecule has 1 heterocycles. The largest absolute Gasteiger partial charge is 0.314 e. The molecule has 0 spiro atoms. The molecule has 5 nitrogen and oxygen atoms in total. The van der Waals surface area contributed by atoms with Crippen molar-refractivity contribution >= 4 is 10.2 Å². The van der Waals surface area contributed by atoms with Crippen LogP contribution in [-0.4, -0.2) is 38.9 Å². The Balaban J connectivity index is 2.09. The second-order valence-corrected chi connectivity index (χ2v) is 6.35. The molecule has 1 aromatic carbocycles. The van der Waals surface area contributed by atoms with Crippen molar-refractivity contribution in [2.45, 2.75) is 19.4 Å². The van der Waals surface area contributed by atoms with Crippen LogP contribution < -0.4 is 10.0 Å². The van der Waals surface area contributed by atoms with Crippen LogP contribution in [0.4, 0.5) is 0 Å². The fourth-order valence-corrected chi connectivity index (χ4v) is 3.69. The number of nitrogens with one attached hydrogen (secondary N) is 2. The highest BCUT2D eigenvalue weighted by molar-refractivity contribution is 7.87. The summed E-state index contributed by atoms with van der Waals surface area (Å²) >= 11 is 0. The molecule has 1 fully saturated rings. The Labute approximate surface area is 115 Å². The lowest BCUT2D eigenvalue weighted by atomic mass is 10.1. The van der Waals surface area contributed by atoms with Gasteiger partial charge in [0.05, 0.1) is 0 Å². The van der Waals surface area contributed by atoms with Gasteiger partial charge in [0, 0.05) is 32.2 Å². The summed E-state index contributed by atoms with van der Waals surface area (Å²) in [6.07, 6.45) is 0.731. The number of benzene rings is 1. The third-order valence-electron chi connectivity index (χ3n) is 3.32. The van der Waals surface area contributed by atoms with E-state index in [0.29, 0.717) is 26.2 Å². The Morgan fingerprint density at radius 2 is 1.89 bits per heavy atom. The van der Waals surface area contributed by atoms with Crippen LogP contribution in [0.15, 0.2) is 30.3 Å². The summed E-state index contributed by atoms with van der Waals surface area (Å²) in [6.45, 7) is 4.46. The first kappa shape index (κ1) is 14.5. The van der Waals surface area contributed by atoms with E-state index in [1.54, 1.807) is 0 Å². The van der Waals surface area contributed by atoms with Crippen molar-refractivity contribution in [3.8, 4) is 0 Å². The van der Waals surface area contributed by atoms with Crippen LogP contribution in [0.3, 0.4) is 0 Å². The number of nitrogens with zero attached hydrogens (tertiary/aromatic N) is 1. The van der Waals surface area contributed by atoms with Crippen molar-refractivity contribution in [3.05, 3.63) is 35.9 Å². The summed E-state index contributed by atoms with van der Waals surface area (Å²) in [4.78, 5) is 0. The predicted octanol–water partition coefficient (Wildman–Crippen LogP) is 0.877. The zero-order chi connectivity index (χ0) is 13.7. The molecular weight excluding hydrogens is 262 g/mol. The number of hydrogen-bond donors (Lipinski definition) is 2. The maximum Gasteiger partial charge on any atom is 0.280 e. The van der Waals surface area contributed by atoms with E-state index in [2.05, 4.69) is 10.0 Å². The molecular formula is C13H21N3O2S. The summed E-state index contributed by atoms with van der Waals surface area (Å²) in [5, 5.41) is 3.15. The average Bonchev–Trinajstić information content (AvgIpc) is 2.47. The van der Waals surface area contributed by atoms with Crippen LogP contribution in [0.5, 0.6) is 0 Å². The standard InChI is InChI=1S/C13H21N3O2S/c1-2-13(12-6-4-3-5-7-12)15-19(17,18)16-10-8-14-9-11-16/h3-7,13-15H,2,8-11H2,1H3. The zero-order valence-electron chi connectivity index (χ0n) is 11.2. The van der Waals surface area contributed by atoms with Crippen LogP contribution in [0.2, 0.25) is 0 Å². The second-order valence-electron chi connectivity index (χ2n) is 4.64. The topological polar surface area (TPSA) is 61.4 Å². The summed E-state index contributed by atoms with van der Waals surface area (Å²) in [5.74, 6) is 0. The fourth-order valence-electron chi connectivity index (χ4n) is 2.21. The van der Waals surface area contributed by atoms with Crippen molar-refractivity contribution in [1.82, 2.24) is 14.3 Å². The van der Waals surface area contributed by atoms with E-state index in [9.17, 15) is 8.42 Å². The monoisotopic (exact) mass is 283 g/mol. The van der Waals surface area contributed by atoms with Gasteiger partial charge in [0.25, 0.3) is 10.2 Å². The first-order chi connectivity index (χ1) is 9.13. The third-order valence-corrected chi connectivity index (χ3v) is 4.94. The maximum atomic E-state index is 12.3. The van der Waals surface area contributed by atoms with Gasteiger partial charge < -0.3 is 5.32 Å². The van der Waals surface area contributed by atoms with Gasteiger partial charge in [-0.15, -0.1) is 0 Å². The molecule has 0 amide bonds. The first-order valence-corrected chi connectivity index (χ1v) is 8.10. The van der Waals surface area contributed by atoms with Gasteiger partial charge in [-0.25, -0.2) is 0 Å². The highest BCUT2D eigenvalue weighted by Gasteiger charge is 2.26. The van der Waals surface area contributed by atoms with Gasteiger partial charge in [0.1, 0.15) is 0 Å². The molecule has 0 aromatic heterocycles. The van der Waals surface area contributed by atoms with Crippen LogP contribution in [0, 0.1) is 0 Å². The quantitative estimate of drug-likeness (QED) is 0.843. The Morgan fingerprint density at radius 1 is 1.26 bits per heavy atom. The Morgan fingerprint density at radius 3 is 2.47 bits per heavy atom. The van der Waals surface area contributed by atoms with Crippen LogP contribution in [0.1, 0.15) is 24.9 Å². The molecule has 2 N–H and O–H groups in total. The van der Waals surface area contributed by atoms with Gasteiger partial charge in [0.2, 0.25) is 0 Å². The van der Waals surface area contributed by atoms with Gasteiger partial charge in [-0.3, -0.25) is 0 Å². The van der Waals surface area contributed by atoms with E-state index in [-0.39, 0.29) is 6.04 Å². The van der Waals surface area contributed by atoms with E-state index in [1.165, 1.54) is 4.31 Å². The fraction of sp³-hybridized carbons (Fsp3) is 0.538. The molecule has 0 aliphatic carbocycles. The third kappa shape index (κ3) is 3.76. The summed E-state index contributed by atoms with van der Waals surface area (Å²) < 4.78 is 28.9. The minimum absolute atomic E-state index is 0.166. The number of rotatable bonds is 5. The van der Waals surface area contributed by atoms with Gasteiger partial charge in [-0.05, 0) is 12.0 Å². The molecule has 1 aromatic rings. The highest BCUT2D eigenvalue weighted by Crippen LogP contribution is 2.18. The Bertz CT molecular complexity index is 484. The van der Waals surface area contributed by atoms with Gasteiger partial charge in [-0.2, -0.15) is 17.4 Å². The van der Waals surface area contributed by atoms with E-state index >= 15 is 0 Å². The lowest BCUT2D eigenvalue weighted by Crippen LogP contribution is -2.51. The molecule has 0 radical (unpaired) electrons. The SMILES string of the molecule is CCC(NS(=O)(=O)N1CCNCC1)c1ccccc1. The van der Waals surface area contributed by atoms with Gasteiger partial charge in [-0.1, -0.05) is 37.3 Å². The first-order valence-electron chi connectivity index (χ1n) is 6.66. The van der Waals surface area contributed by atoms with E-state index < -0.39 is 10.2 Å². The normalized spacial score (nSPS) is 19.2. The molecule has 106 valence electrons. The average molecular weight is 283 g/mol. The van der Waals surface area contributed by atoms with Crippen LogP contribution in [-0.2, 0) is 10.2 Å². The summed E-state index contributed by atoms with van der Waals surface area (Å²) in [7, 11) is -3.40. The smallest absolute Gasteiger partial charge is 0.280 e. The molecule has 1 aliphatic rings. The molecule has 1 atom stereocenters. The lowest BCUT2D eigenvalue weighted by Gasteiger charge is -2.29. The molecule has 0 saturated carbocycles. The van der Waals surface area contributed by atoms with Crippen molar-refractivity contribution in [2.75, 3.05) is 26.2 Å². The molecule has 19 heavy (non-hydrogen) atoms. The maximum absolute atomic E-state index is 12.3. The lowest BCUT2D eigenvalue weighted by molar-refractivity contribution is 0.350. The molecule has 1 aliphatic heterocycles. The van der Waals surface area contributed by atoms with Crippen LogP contribution >= 0.6 is 0 Å². The second kappa shape index (κ2) is 6.47. The molecule has 6 heteroatoms. The predicted molar refractivity (Wildman–Crippen MR) is 76.0 cm³/mol. The van der Waals surface area contributed by atoms with E-state index in [4.69, 9.17) is 0 Å². The van der Waals surface area contributed by atoms with Crippen molar-refractivity contribution in [3.63, 3.8) is 0 Å². The van der Waals surface area contributed by atoms with Crippen molar-refractivity contribution < 1.29 is 8.42 Å². The molecule has 0 bridgehead atoms. The van der Waals surface area contributed by atoms with Crippen molar-refractivity contribution in [2.24, 2.45) is 0 Å². The zero-order valence-corrected chi connectivity index (χ0v) is 12.0. The number of hydrogen-bond acceptors (Lipinski definition) is 3. The number of piperazine rings is 1. The summed E-state index contributed by atoms with van der Waals surface area (Å²) in [5.41, 5.74) is 1.00. The van der Waals surface area contributed by atoms with Gasteiger partial charge in [0.15, 0.2) is 0 Å².